The quantitative estimate of drug-likeness (QED) is 0.628. The van der Waals surface area contributed by atoms with E-state index >= 15 is 0 Å². The van der Waals surface area contributed by atoms with Crippen LogP contribution in [0.3, 0.4) is 0 Å². The molecule has 0 atom stereocenters. The van der Waals surface area contributed by atoms with Crippen LogP contribution in [0.5, 0.6) is 11.5 Å². The zero-order chi connectivity index (χ0) is 17.5. The second-order valence-electron chi connectivity index (χ2n) is 5.59. The monoisotopic (exact) mass is 348 g/mol. The fourth-order valence-electron chi connectivity index (χ4n) is 2.78. The van der Waals surface area contributed by atoms with Crippen molar-refractivity contribution < 1.29 is 14.3 Å². The number of ether oxygens (including phenoxy) is 2. The standard InChI is InChI=1S/C18H21ClN2O3/c1-3-24-16-10-12(9-15(19)17(16)23-2)8-13(11-20)18(22)21-14-6-4-5-7-14/h8-10,14H,3-7H2,1-2H3,(H,21,22)/b13-8-. The topological polar surface area (TPSA) is 71.3 Å². The van der Waals surface area contributed by atoms with E-state index in [1.165, 1.54) is 13.2 Å². The number of nitrogens with one attached hydrogen (secondary N) is 1. The predicted molar refractivity (Wildman–Crippen MR) is 93.2 cm³/mol. The SMILES string of the molecule is CCOc1cc(/C=C(/C#N)C(=O)NC2CCCC2)cc(Cl)c1OC. The van der Waals surface area contributed by atoms with Crippen molar-refractivity contribution in [2.45, 2.75) is 38.6 Å². The minimum atomic E-state index is -0.352. The molecule has 6 heteroatoms. The highest BCUT2D eigenvalue weighted by Crippen LogP contribution is 2.36. The van der Waals surface area contributed by atoms with Crippen LogP contribution in [0.2, 0.25) is 5.02 Å². The fraction of sp³-hybridized carbons (Fsp3) is 0.444. The molecule has 0 bridgehead atoms. The molecule has 0 radical (unpaired) electrons. The molecule has 0 saturated heterocycles. The summed E-state index contributed by atoms with van der Waals surface area (Å²) in [6.45, 7) is 2.30. The van der Waals surface area contributed by atoms with Gasteiger partial charge in [-0.15, -0.1) is 0 Å². The maximum Gasteiger partial charge on any atom is 0.262 e. The van der Waals surface area contributed by atoms with Crippen LogP contribution >= 0.6 is 11.6 Å². The third-order valence-electron chi connectivity index (χ3n) is 3.90. The first-order valence-corrected chi connectivity index (χ1v) is 8.39. The van der Waals surface area contributed by atoms with Crippen LogP contribution in [-0.4, -0.2) is 25.7 Å². The van der Waals surface area contributed by atoms with Crippen LogP contribution in [-0.2, 0) is 4.79 Å². The summed E-state index contributed by atoms with van der Waals surface area (Å²) >= 11 is 6.20. The number of halogens is 1. The molecule has 24 heavy (non-hydrogen) atoms. The Labute approximate surface area is 147 Å². The first-order valence-electron chi connectivity index (χ1n) is 8.02. The van der Waals surface area contributed by atoms with Gasteiger partial charge in [-0.3, -0.25) is 4.79 Å². The number of hydrogen-bond acceptors (Lipinski definition) is 4. The number of benzene rings is 1. The molecular formula is C18H21ClN2O3. The van der Waals surface area contributed by atoms with Crippen molar-refractivity contribution in [3.05, 3.63) is 28.3 Å². The van der Waals surface area contributed by atoms with E-state index in [-0.39, 0.29) is 17.5 Å². The molecule has 0 aromatic heterocycles. The zero-order valence-electron chi connectivity index (χ0n) is 13.9. The van der Waals surface area contributed by atoms with Gasteiger partial charge in [-0.1, -0.05) is 24.4 Å². The minimum Gasteiger partial charge on any atom is -0.491 e. The second kappa shape index (κ2) is 8.60. The van der Waals surface area contributed by atoms with Crippen molar-refractivity contribution in [1.82, 2.24) is 5.32 Å². The van der Waals surface area contributed by atoms with E-state index in [1.54, 1.807) is 12.1 Å². The molecule has 1 N–H and O–H groups in total. The highest BCUT2D eigenvalue weighted by atomic mass is 35.5. The Morgan fingerprint density at radius 1 is 1.46 bits per heavy atom. The van der Waals surface area contributed by atoms with Crippen LogP contribution < -0.4 is 14.8 Å². The first-order chi connectivity index (χ1) is 11.6. The van der Waals surface area contributed by atoms with E-state index in [2.05, 4.69) is 5.32 Å². The maximum absolute atomic E-state index is 12.3. The predicted octanol–water partition coefficient (Wildman–Crippen LogP) is 3.71. The second-order valence-corrected chi connectivity index (χ2v) is 6.00. The van der Waals surface area contributed by atoms with Crippen molar-refractivity contribution in [1.29, 1.82) is 5.26 Å². The minimum absolute atomic E-state index is 0.0468. The lowest BCUT2D eigenvalue weighted by Gasteiger charge is -2.13. The Kier molecular flexibility index (Phi) is 6.51. The number of hydrogen-bond donors (Lipinski definition) is 1. The third-order valence-corrected chi connectivity index (χ3v) is 4.18. The normalized spacial score (nSPS) is 15.0. The van der Waals surface area contributed by atoms with Crippen LogP contribution in [0.25, 0.3) is 6.08 Å². The lowest BCUT2D eigenvalue weighted by atomic mass is 10.1. The van der Waals surface area contributed by atoms with Gasteiger partial charge in [0.05, 0.1) is 18.7 Å². The molecule has 128 valence electrons. The average molecular weight is 349 g/mol. The Hall–Kier alpha value is -2.19. The van der Waals surface area contributed by atoms with Crippen LogP contribution in [0.1, 0.15) is 38.2 Å². The van der Waals surface area contributed by atoms with Gasteiger partial charge < -0.3 is 14.8 Å². The van der Waals surface area contributed by atoms with Crippen molar-refractivity contribution >= 4 is 23.6 Å². The summed E-state index contributed by atoms with van der Waals surface area (Å²) in [5.74, 6) is 0.561. The summed E-state index contributed by atoms with van der Waals surface area (Å²) < 4.78 is 10.7. The average Bonchev–Trinajstić information content (AvgIpc) is 3.05. The Morgan fingerprint density at radius 3 is 2.75 bits per heavy atom. The van der Waals surface area contributed by atoms with Gasteiger partial charge in [0.25, 0.3) is 5.91 Å². The number of carbonyl (C=O) groups excluding carboxylic acids is 1. The van der Waals surface area contributed by atoms with E-state index in [0.717, 1.165) is 25.7 Å². The third kappa shape index (κ3) is 4.42. The zero-order valence-corrected chi connectivity index (χ0v) is 14.7. The number of nitrogens with zero attached hydrogens (tertiary/aromatic N) is 1. The van der Waals surface area contributed by atoms with Crippen molar-refractivity contribution in [2.24, 2.45) is 0 Å². The van der Waals surface area contributed by atoms with Gasteiger partial charge in [0.1, 0.15) is 11.6 Å². The van der Waals surface area contributed by atoms with Crippen molar-refractivity contribution in [2.75, 3.05) is 13.7 Å². The number of nitriles is 1. The first kappa shape index (κ1) is 18.2. The van der Waals surface area contributed by atoms with Crippen LogP contribution in [0.4, 0.5) is 0 Å². The van der Waals surface area contributed by atoms with Crippen LogP contribution in [0, 0.1) is 11.3 Å². The lowest BCUT2D eigenvalue weighted by Crippen LogP contribution is -2.33. The maximum atomic E-state index is 12.3. The molecule has 1 saturated carbocycles. The molecule has 1 amide bonds. The Morgan fingerprint density at radius 2 is 2.17 bits per heavy atom. The smallest absolute Gasteiger partial charge is 0.262 e. The summed E-state index contributed by atoms with van der Waals surface area (Å²) in [6.07, 6.45) is 5.67. The van der Waals surface area contributed by atoms with E-state index in [4.69, 9.17) is 21.1 Å². The summed E-state index contributed by atoms with van der Waals surface area (Å²) in [6, 6.07) is 5.46. The molecule has 1 aromatic rings. The summed E-state index contributed by atoms with van der Waals surface area (Å²) in [5.41, 5.74) is 0.660. The summed E-state index contributed by atoms with van der Waals surface area (Å²) in [7, 11) is 1.51. The molecule has 1 aliphatic rings. The molecule has 5 nitrogen and oxygen atoms in total. The summed E-state index contributed by atoms with van der Waals surface area (Å²) in [4.78, 5) is 12.3. The number of methoxy groups -OCH3 is 1. The van der Waals surface area contributed by atoms with E-state index < -0.39 is 0 Å². The van der Waals surface area contributed by atoms with Crippen molar-refractivity contribution in [3.8, 4) is 17.6 Å². The highest BCUT2D eigenvalue weighted by Gasteiger charge is 2.19. The molecular weight excluding hydrogens is 328 g/mol. The highest BCUT2D eigenvalue weighted by molar-refractivity contribution is 6.32. The molecule has 0 unspecified atom stereocenters. The van der Waals surface area contributed by atoms with Gasteiger partial charge >= 0.3 is 0 Å². The van der Waals surface area contributed by atoms with Gasteiger partial charge in [0, 0.05) is 6.04 Å². The molecule has 1 fully saturated rings. The van der Waals surface area contributed by atoms with Gasteiger partial charge in [-0.25, -0.2) is 0 Å². The van der Waals surface area contributed by atoms with Gasteiger partial charge in [-0.05, 0) is 43.5 Å². The number of amides is 1. The van der Waals surface area contributed by atoms with E-state index in [9.17, 15) is 10.1 Å². The Bertz CT molecular complexity index is 674. The van der Waals surface area contributed by atoms with Crippen molar-refractivity contribution in [3.63, 3.8) is 0 Å². The molecule has 0 aliphatic heterocycles. The summed E-state index contributed by atoms with van der Waals surface area (Å²) in [5, 5.41) is 12.6. The lowest BCUT2D eigenvalue weighted by molar-refractivity contribution is -0.117. The molecule has 2 rings (SSSR count). The van der Waals surface area contributed by atoms with Crippen LogP contribution in [0.15, 0.2) is 17.7 Å². The van der Waals surface area contributed by atoms with Gasteiger partial charge in [-0.2, -0.15) is 5.26 Å². The fourth-order valence-corrected chi connectivity index (χ4v) is 3.08. The number of carbonyl (C=O) groups is 1. The molecule has 0 spiro atoms. The molecule has 1 aromatic carbocycles. The van der Waals surface area contributed by atoms with Gasteiger partial charge in [0.15, 0.2) is 11.5 Å². The van der Waals surface area contributed by atoms with E-state index in [0.29, 0.717) is 28.7 Å². The molecule has 1 aliphatic carbocycles. The number of rotatable bonds is 6. The molecule has 0 heterocycles. The Balaban J connectivity index is 2.26. The largest absolute Gasteiger partial charge is 0.491 e. The van der Waals surface area contributed by atoms with Gasteiger partial charge in [0.2, 0.25) is 0 Å². The van der Waals surface area contributed by atoms with E-state index in [1.807, 2.05) is 13.0 Å².